The lowest BCUT2D eigenvalue weighted by Gasteiger charge is -2.34. The molecule has 3 rings (SSSR count). The number of rotatable bonds is 4. The monoisotopic (exact) mass is 360 g/mol. The standard InChI is InChI=1S/C19H24N2O5/c1-11(2)16(21-9-12-6-4-5-7-14(12)17(21)23)18(24)20-10-13(22)8-15(20)19(25)26-3/h4-7,11,13,15-16,22H,8-10H2,1-3H3/t13-,15+,16+/m1/s1. The number of likely N-dealkylation sites (tertiary alicyclic amines) is 1. The molecule has 140 valence electrons. The van der Waals surface area contributed by atoms with Crippen molar-refractivity contribution >= 4 is 17.8 Å². The molecule has 0 radical (unpaired) electrons. The van der Waals surface area contributed by atoms with E-state index in [4.69, 9.17) is 4.74 Å². The second-order valence-corrected chi connectivity index (χ2v) is 7.20. The van der Waals surface area contributed by atoms with E-state index in [0.29, 0.717) is 12.1 Å². The number of hydrogen-bond donors (Lipinski definition) is 1. The van der Waals surface area contributed by atoms with Gasteiger partial charge in [-0.15, -0.1) is 0 Å². The fraction of sp³-hybridized carbons (Fsp3) is 0.526. The number of carbonyl (C=O) groups is 3. The van der Waals surface area contributed by atoms with E-state index in [0.717, 1.165) is 5.56 Å². The third-order valence-electron chi connectivity index (χ3n) is 5.10. The fourth-order valence-corrected chi connectivity index (χ4v) is 3.87. The molecule has 0 saturated carbocycles. The number of fused-ring (bicyclic) bond motifs is 1. The quantitative estimate of drug-likeness (QED) is 0.803. The molecule has 1 aromatic carbocycles. The van der Waals surface area contributed by atoms with Gasteiger partial charge in [-0.25, -0.2) is 4.79 Å². The molecule has 0 unspecified atom stereocenters. The highest BCUT2D eigenvalue weighted by atomic mass is 16.5. The first kappa shape index (κ1) is 18.4. The van der Waals surface area contributed by atoms with E-state index in [-0.39, 0.29) is 30.7 Å². The molecule has 1 aromatic rings. The molecule has 7 nitrogen and oxygen atoms in total. The SMILES string of the molecule is COC(=O)[C@@H]1C[C@@H](O)CN1C(=O)[C@H](C(C)C)N1Cc2ccccc2C1=O. The summed E-state index contributed by atoms with van der Waals surface area (Å²) in [6.45, 7) is 4.18. The zero-order valence-electron chi connectivity index (χ0n) is 15.2. The van der Waals surface area contributed by atoms with Crippen LogP contribution in [0.5, 0.6) is 0 Å². The van der Waals surface area contributed by atoms with Crippen LogP contribution in [-0.2, 0) is 20.9 Å². The maximum absolute atomic E-state index is 13.3. The van der Waals surface area contributed by atoms with Gasteiger partial charge >= 0.3 is 5.97 Å². The maximum atomic E-state index is 13.3. The van der Waals surface area contributed by atoms with E-state index in [1.807, 2.05) is 26.0 Å². The molecule has 0 bridgehead atoms. The number of esters is 1. The Labute approximate surface area is 152 Å². The zero-order chi connectivity index (χ0) is 19.0. The van der Waals surface area contributed by atoms with Gasteiger partial charge in [0.05, 0.1) is 13.2 Å². The Morgan fingerprint density at radius 1 is 1.27 bits per heavy atom. The molecule has 0 aromatic heterocycles. The molecule has 3 atom stereocenters. The average Bonchev–Trinajstić information content (AvgIpc) is 3.15. The molecule has 1 N–H and O–H groups in total. The van der Waals surface area contributed by atoms with Gasteiger partial charge in [0, 0.05) is 25.1 Å². The molecular weight excluding hydrogens is 336 g/mol. The molecule has 26 heavy (non-hydrogen) atoms. The minimum atomic E-state index is -0.816. The van der Waals surface area contributed by atoms with Gasteiger partial charge < -0.3 is 19.6 Å². The smallest absolute Gasteiger partial charge is 0.328 e. The fourth-order valence-electron chi connectivity index (χ4n) is 3.87. The van der Waals surface area contributed by atoms with Crippen molar-refractivity contribution in [1.29, 1.82) is 0 Å². The van der Waals surface area contributed by atoms with Gasteiger partial charge in [0.2, 0.25) is 5.91 Å². The Morgan fingerprint density at radius 2 is 1.96 bits per heavy atom. The van der Waals surface area contributed by atoms with Crippen molar-refractivity contribution < 1.29 is 24.2 Å². The summed E-state index contributed by atoms with van der Waals surface area (Å²) in [6, 6.07) is 5.79. The number of carbonyl (C=O) groups excluding carboxylic acids is 3. The summed E-state index contributed by atoms with van der Waals surface area (Å²) in [5, 5.41) is 9.96. The van der Waals surface area contributed by atoms with Crippen molar-refractivity contribution in [3.63, 3.8) is 0 Å². The molecular formula is C19H24N2O5. The van der Waals surface area contributed by atoms with Gasteiger partial charge in [-0.1, -0.05) is 32.0 Å². The summed E-state index contributed by atoms with van der Waals surface area (Å²) >= 11 is 0. The second-order valence-electron chi connectivity index (χ2n) is 7.20. The van der Waals surface area contributed by atoms with Crippen LogP contribution in [0.25, 0.3) is 0 Å². The van der Waals surface area contributed by atoms with Crippen LogP contribution >= 0.6 is 0 Å². The molecule has 2 amide bonds. The van der Waals surface area contributed by atoms with Gasteiger partial charge in [0.1, 0.15) is 12.1 Å². The van der Waals surface area contributed by atoms with Gasteiger partial charge in [-0.2, -0.15) is 0 Å². The van der Waals surface area contributed by atoms with E-state index in [9.17, 15) is 19.5 Å². The van der Waals surface area contributed by atoms with Crippen molar-refractivity contribution in [2.75, 3.05) is 13.7 Å². The third kappa shape index (κ3) is 3.07. The lowest BCUT2D eigenvalue weighted by molar-refractivity contribution is -0.153. The Hall–Kier alpha value is -2.41. The number of nitrogens with zero attached hydrogens (tertiary/aromatic N) is 2. The summed E-state index contributed by atoms with van der Waals surface area (Å²) in [5.74, 6) is -1.19. The Balaban J connectivity index is 1.88. The van der Waals surface area contributed by atoms with Gasteiger partial charge in [0.15, 0.2) is 0 Å². The molecule has 1 saturated heterocycles. The summed E-state index contributed by atoms with van der Waals surface area (Å²) in [7, 11) is 1.26. The summed E-state index contributed by atoms with van der Waals surface area (Å²) in [4.78, 5) is 41.0. The molecule has 2 aliphatic heterocycles. The summed E-state index contributed by atoms with van der Waals surface area (Å²) < 4.78 is 4.78. The number of ether oxygens (including phenoxy) is 1. The number of benzene rings is 1. The summed E-state index contributed by atoms with van der Waals surface area (Å²) in [6.07, 6.45) is -0.625. The first-order valence-electron chi connectivity index (χ1n) is 8.80. The van der Waals surface area contributed by atoms with E-state index in [1.54, 1.807) is 17.0 Å². The molecule has 2 aliphatic rings. The van der Waals surface area contributed by atoms with Crippen LogP contribution in [0.2, 0.25) is 0 Å². The van der Waals surface area contributed by atoms with E-state index in [1.165, 1.54) is 12.0 Å². The van der Waals surface area contributed by atoms with Crippen molar-refractivity contribution in [3.05, 3.63) is 35.4 Å². The molecule has 7 heteroatoms. The lowest BCUT2D eigenvalue weighted by Crippen LogP contribution is -2.54. The third-order valence-corrected chi connectivity index (χ3v) is 5.10. The van der Waals surface area contributed by atoms with E-state index in [2.05, 4.69) is 0 Å². The van der Waals surface area contributed by atoms with Crippen LogP contribution < -0.4 is 0 Å². The van der Waals surface area contributed by atoms with E-state index >= 15 is 0 Å². The molecule has 1 fully saturated rings. The number of hydrogen-bond acceptors (Lipinski definition) is 5. The van der Waals surface area contributed by atoms with Crippen LogP contribution in [0.4, 0.5) is 0 Å². The second kappa shape index (κ2) is 7.07. The number of aliphatic hydroxyl groups is 1. The zero-order valence-corrected chi connectivity index (χ0v) is 15.2. The Kier molecular flexibility index (Phi) is 5.00. The van der Waals surface area contributed by atoms with Crippen molar-refractivity contribution in [2.24, 2.45) is 5.92 Å². The van der Waals surface area contributed by atoms with Crippen molar-refractivity contribution in [1.82, 2.24) is 9.80 Å². The first-order chi connectivity index (χ1) is 12.3. The normalized spacial score (nSPS) is 23.3. The average molecular weight is 360 g/mol. The number of amides is 2. The van der Waals surface area contributed by atoms with Gasteiger partial charge in [0.25, 0.3) is 5.91 Å². The Morgan fingerprint density at radius 3 is 2.58 bits per heavy atom. The van der Waals surface area contributed by atoms with Crippen LogP contribution in [0.15, 0.2) is 24.3 Å². The van der Waals surface area contributed by atoms with Crippen LogP contribution in [-0.4, -0.2) is 64.5 Å². The molecule has 2 heterocycles. The van der Waals surface area contributed by atoms with Crippen LogP contribution in [0.3, 0.4) is 0 Å². The predicted octanol–water partition coefficient (Wildman–Crippen LogP) is 0.802. The highest BCUT2D eigenvalue weighted by Gasteiger charge is 2.46. The molecule has 0 aliphatic carbocycles. The predicted molar refractivity (Wildman–Crippen MR) is 93.1 cm³/mol. The van der Waals surface area contributed by atoms with Crippen molar-refractivity contribution in [3.8, 4) is 0 Å². The Bertz CT molecular complexity index is 732. The first-order valence-corrected chi connectivity index (χ1v) is 8.80. The number of β-amino-alcohol motifs (C(OH)–C–C–N with tert-alkyl or cyclic N) is 1. The summed E-state index contributed by atoms with van der Waals surface area (Å²) in [5.41, 5.74) is 1.50. The molecule has 0 spiro atoms. The van der Waals surface area contributed by atoms with Gasteiger partial charge in [-0.3, -0.25) is 9.59 Å². The highest BCUT2D eigenvalue weighted by Crippen LogP contribution is 2.30. The maximum Gasteiger partial charge on any atom is 0.328 e. The van der Waals surface area contributed by atoms with E-state index < -0.39 is 24.2 Å². The van der Waals surface area contributed by atoms with Crippen LogP contribution in [0.1, 0.15) is 36.2 Å². The minimum Gasteiger partial charge on any atom is -0.467 e. The topological polar surface area (TPSA) is 87.2 Å². The lowest BCUT2D eigenvalue weighted by atomic mass is 10.0. The van der Waals surface area contributed by atoms with Crippen molar-refractivity contribution in [2.45, 2.75) is 45.0 Å². The largest absolute Gasteiger partial charge is 0.467 e. The number of methoxy groups -OCH3 is 1. The highest BCUT2D eigenvalue weighted by molar-refractivity contribution is 6.01. The minimum absolute atomic E-state index is 0.0663. The van der Waals surface area contributed by atoms with Gasteiger partial charge in [-0.05, 0) is 17.5 Å². The van der Waals surface area contributed by atoms with Crippen LogP contribution in [0, 0.1) is 5.92 Å². The number of aliphatic hydroxyl groups excluding tert-OH is 1.